The Hall–Kier alpha value is -7.63. The number of hydrogen-bond donors (Lipinski definition) is 0. The van der Waals surface area contributed by atoms with Gasteiger partial charge in [0.2, 0.25) is 0 Å². The largest absolute Gasteiger partial charge is 0.455 e. The molecule has 0 unspecified atom stereocenters. The Morgan fingerprint density at radius 3 is 1.29 bits per heavy atom. The first-order chi connectivity index (χ1) is 32.6. The minimum Gasteiger partial charge on any atom is -0.455 e. The molecule has 316 valence electrons. The smallest absolute Gasteiger partial charge is 0.167 e. The zero-order valence-electron chi connectivity index (χ0n) is 36.5. The fourth-order valence-electron chi connectivity index (χ4n) is 12.6. The quantitative estimate of drug-likeness (QED) is 0.160. The Morgan fingerprint density at radius 2 is 0.758 bits per heavy atom. The van der Waals surface area contributed by atoms with Crippen LogP contribution in [0.5, 0.6) is 0 Å². The molecule has 8 aromatic carbocycles. The van der Waals surface area contributed by atoms with E-state index >= 15 is 0 Å². The molecular weight excluding hydrogens is 807 g/mol. The van der Waals surface area contributed by atoms with Gasteiger partial charge in [0.1, 0.15) is 22.3 Å². The summed E-state index contributed by atoms with van der Waals surface area (Å²) in [5.74, 6) is 4.43. The molecule has 4 aliphatic rings. The van der Waals surface area contributed by atoms with E-state index in [-0.39, 0.29) is 0 Å². The van der Waals surface area contributed by atoms with Gasteiger partial charge >= 0.3 is 0 Å². The van der Waals surface area contributed by atoms with Crippen molar-refractivity contribution in [1.29, 1.82) is 0 Å². The molecule has 5 heteroatoms. The molecule has 0 saturated heterocycles. The van der Waals surface area contributed by atoms with Crippen LogP contribution in [0.1, 0.15) is 44.1 Å². The Balaban J connectivity index is 0.899. The van der Waals surface area contributed by atoms with Gasteiger partial charge in [0.25, 0.3) is 0 Å². The van der Waals surface area contributed by atoms with Gasteiger partial charge in [-0.25, -0.2) is 15.0 Å². The van der Waals surface area contributed by atoms with E-state index in [1.54, 1.807) is 5.56 Å². The molecule has 0 aliphatic heterocycles. The Labute approximate surface area is 382 Å². The average molecular weight is 852 g/mol. The van der Waals surface area contributed by atoms with E-state index in [2.05, 4.69) is 133 Å². The lowest BCUT2D eigenvalue weighted by Gasteiger charge is -2.57. The highest BCUT2D eigenvalue weighted by atomic mass is 16.3. The van der Waals surface area contributed by atoms with E-state index in [4.69, 9.17) is 23.8 Å². The fourth-order valence-corrected chi connectivity index (χ4v) is 12.6. The molecule has 3 aromatic heterocycles. The second-order valence-electron chi connectivity index (χ2n) is 19.4. The zero-order valence-corrected chi connectivity index (χ0v) is 36.5. The van der Waals surface area contributed by atoms with E-state index in [1.165, 1.54) is 49.7 Å². The number of fused-ring (bicyclic) bond motifs is 6. The van der Waals surface area contributed by atoms with Crippen molar-refractivity contribution in [3.05, 3.63) is 188 Å². The number of rotatable bonds is 7. The highest BCUT2D eigenvalue weighted by Gasteiger charge is 2.51. The van der Waals surface area contributed by atoms with Crippen molar-refractivity contribution < 1.29 is 8.83 Å². The van der Waals surface area contributed by atoms with Crippen LogP contribution >= 0.6 is 0 Å². The van der Waals surface area contributed by atoms with Crippen molar-refractivity contribution in [3.8, 4) is 67.5 Å². The SMILES string of the molecule is c1ccc(-c2cc(-c3ccc(-c4ccc(C56CC7CC(CC(C7)C5)C6)cc4)cc3)cc(-c3nc(-c4cccc5c4oc4ccccc45)nc(-c4cccc5c4oc4ccccc45)n3)c2)cc1. The van der Waals surface area contributed by atoms with E-state index < -0.39 is 0 Å². The molecule has 4 saturated carbocycles. The van der Waals surface area contributed by atoms with Crippen LogP contribution in [0, 0.1) is 17.8 Å². The first-order valence-corrected chi connectivity index (χ1v) is 23.6. The minimum absolute atomic E-state index is 0.403. The maximum atomic E-state index is 6.57. The number of hydrogen-bond acceptors (Lipinski definition) is 5. The lowest BCUT2D eigenvalue weighted by Crippen LogP contribution is -2.48. The standard InChI is InChI=1S/C61H45N3O2/c1-2-10-40(11-3-1)44-31-45(43-22-20-41(21-23-43)42-24-26-47(27-25-42)61-34-37-28-38(35-61)30-39(29-37)36-61)33-46(32-44)58-62-59(52-16-8-14-50-48-12-4-6-18-54(48)65-56(50)52)64-60(63-58)53-17-9-15-51-49-13-5-7-19-55(49)66-57(51)53/h1-27,31-33,37-39H,28-30,34-36H2. The molecule has 0 radical (unpaired) electrons. The molecule has 0 atom stereocenters. The number of furan rings is 2. The summed E-state index contributed by atoms with van der Waals surface area (Å²) in [5, 5.41) is 4.14. The highest BCUT2D eigenvalue weighted by molar-refractivity contribution is 6.10. The fraction of sp³-hybridized carbons (Fsp3) is 0.164. The zero-order chi connectivity index (χ0) is 43.3. The molecule has 11 aromatic rings. The maximum absolute atomic E-state index is 6.57. The number of benzene rings is 8. The van der Waals surface area contributed by atoms with Gasteiger partial charge in [-0.1, -0.05) is 140 Å². The van der Waals surface area contributed by atoms with Gasteiger partial charge in [0.05, 0.1) is 11.1 Å². The summed E-state index contributed by atoms with van der Waals surface area (Å²) >= 11 is 0. The van der Waals surface area contributed by atoms with Crippen molar-refractivity contribution in [2.45, 2.75) is 43.9 Å². The summed E-state index contributed by atoms with van der Waals surface area (Å²) < 4.78 is 13.1. The van der Waals surface area contributed by atoms with Crippen molar-refractivity contribution in [3.63, 3.8) is 0 Å². The van der Waals surface area contributed by atoms with Crippen molar-refractivity contribution >= 4 is 43.9 Å². The van der Waals surface area contributed by atoms with E-state index in [1.807, 2.05) is 48.5 Å². The maximum Gasteiger partial charge on any atom is 0.167 e. The van der Waals surface area contributed by atoms with E-state index in [0.29, 0.717) is 22.9 Å². The van der Waals surface area contributed by atoms with Gasteiger partial charge in [-0.05, 0) is 143 Å². The first kappa shape index (κ1) is 37.7. The van der Waals surface area contributed by atoms with Crippen LogP contribution in [0.2, 0.25) is 0 Å². The van der Waals surface area contributed by atoms with Gasteiger partial charge < -0.3 is 8.83 Å². The number of para-hydroxylation sites is 4. The summed E-state index contributed by atoms with van der Waals surface area (Å²) in [4.78, 5) is 15.9. The van der Waals surface area contributed by atoms with Gasteiger partial charge in [-0.15, -0.1) is 0 Å². The minimum atomic E-state index is 0.403. The summed E-state index contributed by atoms with van der Waals surface area (Å²) in [5.41, 5.74) is 14.5. The molecule has 4 aliphatic carbocycles. The van der Waals surface area contributed by atoms with Gasteiger partial charge in [0.15, 0.2) is 17.5 Å². The molecule has 66 heavy (non-hydrogen) atoms. The summed E-state index contributed by atoms with van der Waals surface area (Å²) in [6.45, 7) is 0. The highest BCUT2D eigenvalue weighted by Crippen LogP contribution is 2.61. The van der Waals surface area contributed by atoms with Crippen molar-refractivity contribution in [1.82, 2.24) is 15.0 Å². The third kappa shape index (κ3) is 6.17. The molecular formula is C61H45N3O2. The van der Waals surface area contributed by atoms with Crippen LogP contribution in [-0.2, 0) is 5.41 Å². The lowest BCUT2D eigenvalue weighted by atomic mass is 9.48. The lowest BCUT2D eigenvalue weighted by molar-refractivity contribution is -0.00518. The first-order valence-electron chi connectivity index (χ1n) is 23.6. The van der Waals surface area contributed by atoms with Crippen LogP contribution in [0.3, 0.4) is 0 Å². The second-order valence-corrected chi connectivity index (χ2v) is 19.4. The predicted octanol–water partition coefficient (Wildman–Crippen LogP) is 16.1. The van der Waals surface area contributed by atoms with Crippen LogP contribution in [0.15, 0.2) is 191 Å². The summed E-state index contributed by atoms with van der Waals surface area (Å²) in [7, 11) is 0. The summed E-state index contributed by atoms with van der Waals surface area (Å²) in [6, 6.07) is 64.6. The molecule has 4 bridgehead atoms. The predicted molar refractivity (Wildman–Crippen MR) is 267 cm³/mol. The average Bonchev–Trinajstić information content (AvgIpc) is 3.95. The van der Waals surface area contributed by atoms with Gasteiger partial charge in [0, 0.05) is 27.1 Å². The third-order valence-corrected chi connectivity index (χ3v) is 15.3. The Kier molecular flexibility index (Phi) is 8.40. The van der Waals surface area contributed by atoms with Crippen LogP contribution in [-0.4, -0.2) is 15.0 Å². The Morgan fingerprint density at radius 1 is 0.348 bits per heavy atom. The number of aromatic nitrogens is 3. The van der Waals surface area contributed by atoms with Crippen molar-refractivity contribution in [2.24, 2.45) is 17.8 Å². The molecule has 15 rings (SSSR count). The van der Waals surface area contributed by atoms with Crippen LogP contribution in [0.4, 0.5) is 0 Å². The molecule has 4 fully saturated rings. The third-order valence-electron chi connectivity index (χ3n) is 15.3. The van der Waals surface area contributed by atoms with Crippen LogP contribution < -0.4 is 0 Å². The van der Waals surface area contributed by atoms with E-state index in [9.17, 15) is 0 Å². The number of nitrogens with zero attached hydrogens (tertiary/aromatic N) is 3. The monoisotopic (exact) mass is 851 g/mol. The molecule has 0 N–H and O–H groups in total. The summed E-state index contributed by atoms with van der Waals surface area (Å²) in [6.07, 6.45) is 8.57. The normalized spacial score (nSPS) is 20.0. The van der Waals surface area contributed by atoms with Crippen LogP contribution in [0.25, 0.3) is 111 Å². The molecule has 0 amide bonds. The Bertz CT molecular complexity index is 3510. The topological polar surface area (TPSA) is 65.0 Å². The van der Waals surface area contributed by atoms with Gasteiger partial charge in [-0.2, -0.15) is 0 Å². The van der Waals surface area contributed by atoms with Crippen molar-refractivity contribution in [2.75, 3.05) is 0 Å². The molecule has 5 nitrogen and oxygen atoms in total. The molecule has 3 heterocycles. The molecule has 0 spiro atoms. The van der Waals surface area contributed by atoms with E-state index in [0.717, 1.165) is 101 Å². The van der Waals surface area contributed by atoms with Gasteiger partial charge in [-0.3, -0.25) is 0 Å². The second kappa shape index (κ2) is 14.7.